The fourth-order valence-corrected chi connectivity index (χ4v) is 2.04. The molecule has 0 atom stereocenters. The first-order valence-electron chi connectivity index (χ1n) is 6.59. The quantitative estimate of drug-likeness (QED) is 0.688. The summed E-state index contributed by atoms with van der Waals surface area (Å²) in [7, 11) is 0. The Balaban J connectivity index is 1.92. The SMILES string of the molecule is CCOC(=O)c1ccc(-n2ccnc2-n2ccnc2)cc1. The van der Waals surface area contributed by atoms with Crippen LogP contribution in [0, 0.1) is 0 Å². The number of ether oxygens (including phenoxy) is 1. The second-order valence-corrected chi connectivity index (χ2v) is 4.33. The van der Waals surface area contributed by atoms with Gasteiger partial charge in [0.15, 0.2) is 0 Å². The van der Waals surface area contributed by atoms with Gasteiger partial charge in [0.05, 0.1) is 12.2 Å². The molecule has 0 fully saturated rings. The van der Waals surface area contributed by atoms with Gasteiger partial charge in [0.1, 0.15) is 6.33 Å². The Kier molecular flexibility index (Phi) is 3.51. The number of carbonyl (C=O) groups excluding carboxylic acids is 1. The summed E-state index contributed by atoms with van der Waals surface area (Å²) in [6, 6.07) is 7.19. The van der Waals surface area contributed by atoms with Crippen LogP contribution in [0.25, 0.3) is 11.6 Å². The van der Waals surface area contributed by atoms with E-state index < -0.39 is 0 Å². The third kappa shape index (κ3) is 2.55. The maximum atomic E-state index is 11.6. The monoisotopic (exact) mass is 282 g/mol. The number of esters is 1. The lowest BCUT2D eigenvalue weighted by Gasteiger charge is -2.08. The Bertz CT molecular complexity index is 729. The molecule has 0 aliphatic rings. The van der Waals surface area contributed by atoms with Crippen LogP contribution in [-0.2, 0) is 4.74 Å². The fourth-order valence-electron chi connectivity index (χ4n) is 2.04. The van der Waals surface area contributed by atoms with Gasteiger partial charge in [-0.25, -0.2) is 14.8 Å². The first-order chi connectivity index (χ1) is 10.3. The number of carbonyl (C=O) groups is 1. The second kappa shape index (κ2) is 5.62. The Hall–Kier alpha value is -2.89. The van der Waals surface area contributed by atoms with Gasteiger partial charge >= 0.3 is 5.97 Å². The summed E-state index contributed by atoms with van der Waals surface area (Å²) in [6.45, 7) is 2.15. The molecule has 2 heterocycles. The second-order valence-electron chi connectivity index (χ2n) is 4.33. The number of aromatic nitrogens is 4. The van der Waals surface area contributed by atoms with Gasteiger partial charge in [0.25, 0.3) is 0 Å². The highest BCUT2D eigenvalue weighted by Gasteiger charge is 2.09. The first-order valence-corrected chi connectivity index (χ1v) is 6.59. The van der Waals surface area contributed by atoms with Gasteiger partial charge in [0.2, 0.25) is 5.95 Å². The standard InChI is InChI=1S/C15H14N4O2/c1-2-21-14(20)12-3-5-13(6-4-12)19-10-8-17-15(19)18-9-7-16-11-18/h3-11H,2H2,1H3. The summed E-state index contributed by atoms with van der Waals surface area (Å²) < 4.78 is 8.70. The predicted octanol–water partition coefficient (Wildman–Crippen LogP) is 2.23. The zero-order chi connectivity index (χ0) is 14.7. The Labute approximate surface area is 121 Å². The maximum absolute atomic E-state index is 11.6. The van der Waals surface area contributed by atoms with Crippen LogP contribution in [-0.4, -0.2) is 31.7 Å². The third-order valence-corrected chi connectivity index (χ3v) is 3.01. The summed E-state index contributed by atoms with van der Waals surface area (Å²) in [5.41, 5.74) is 1.44. The number of hydrogen-bond donors (Lipinski definition) is 0. The minimum absolute atomic E-state index is 0.315. The van der Waals surface area contributed by atoms with E-state index in [1.165, 1.54) is 0 Å². The van der Waals surface area contributed by atoms with Crippen molar-refractivity contribution in [2.24, 2.45) is 0 Å². The lowest BCUT2D eigenvalue weighted by atomic mass is 10.2. The fraction of sp³-hybridized carbons (Fsp3) is 0.133. The third-order valence-electron chi connectivity index (χ3n) is 3.01. The zero-order valence-electron chi connectivity index (χ0n) is 11.5. The van der Waals surface area contributed by atoms with E-state index in [0.29, 0.717) is 12.2 Å². The molecule has 3 aromatic rings. The highest BCUT2D eigenvalue weighted by atomic mass is 16.5. The van der Waals surface area contributed by atoms with Crippen molar-refractivity contribution in [1.82, 2.24) is 19.1 Å². The van der Waals surface area contributed by atoms with E-state index >= 15 is 0 Å². The average Bonchev–Trinajstić information content (AvgIpc) is 3.18. The molecule has 2 aromatic heterocycles. The smallest absolute Gasteiger partial charge is 0.338 e. The van der Waals surface area contributed by atoms with Crippen LogP contribution in [0.2, 0.25) is 0 Å². The molecule has 0 saturated heterocycles. The average molecular weight is 282 g/mol. The number of benzene rings is 1. The van der Waals surface area contributed by atoms with E-state index in [9.17, 15) is 4.79 Å². The normalized spacial score (nSPS) is 10.5. The molecule has 0 N–H and O–H groups in total. The molecule has 106 valence electrons. The maximum Gasteiger partial charge on any atom is 0.338 e. The molecule has 0 amide bonds. The van der Waals surface area contributed by atoms with Gasteiger partial charge < -0.3 is 4.74 Å². The molecule has 6 nitrogen and oxygen atoms in total. The summed E-state index contributed by atoms with van der Waals surface area (Å²) in [5.74, 6) is 0.417. The van der Waals surface area contributed by atoms with Crippen molar-refractivity contribution in [1.29, 1.82) is 0 Å². The predicted molar refractivity (Wildman–Crippen MR) is 76.6 cm³/mol. The summed E-state index contributed by atoms with van der Waals surface area (Å²) in [6.07, 6.45) is 8.78. The molecule has 3 rings (SSSR count). The zero-order valence-corrected chi connectivity index (χ0v) is 11.5. The molecular weight excluding hydrogens is 268 g/mol. The minimum atomic E-state index is -0.315. The lowest BCUT2D eigenvalue weighted by molar-refractivity contribution is 0.0526. The molecule has 0 unspecified atom stereocenters. The van der Waals surface area contributed by atoms with Crippen molar-refractivity contribution >= 4 is 5.97 Å². The largest absolute Gasteiger partial charge is 0.462 e. The van der Waals surface area contributed by atoms with Crippen LogP contribution in [0.1, 0.15) is 17.3 Å². The van der Waals surface area contributed by atoms with E-state index in [1.807, 2.05) is 33.7 Å². The van der Waals surface area contributed by atoms with E-state index in [1.54, 1.807) is 37.8 Å². The Morgan fingerprint density at radius 1 is 1.19 bits per heavy atom. The molecule has 0 saturated carbocycles. The molecule has 21 heavy (non-hydrogen) atoms. The number of imidazole rings is 2. The summed E-state index contributed by atoms with van der Waals surface area (Å²) >= 11 is 0. The number of rotatable bonds is 4. The van der Waals surface area contributed by atoms with Crippen LogP contribution in [0.3, 0.4) is 0 Å². The highest BCUT2D eigenvalue weighted by molar-refractivity contribution is 5.89. The van der Waals surface area contributed by atoms with E-state index in [2.05, 4.69) is 9.97 Å². The van der Waals surface area contributed by atoms with Crippen LogP contribution in [0.5, 0.6) is 0 Å². The van der Waals surface area contributed by atoms with Gasteiger partial charge in [0, 0.05) is 30.5 Å². The van der Waals surface area contributed by atoms with Crippen molar-refractivity contribution < 1.29 is 9.53 Å². The Morgan fingerprint density at radius 2 is 2.00 bits per heavy atom. The van der Waals surface area contributed by atoms with Gasteiger partial charge in [-0.05, 0) is 31.2 Å². The Morgan fingerprint density at radius 3 is 2.67 bits per heavy atom. The van der Waals surface area contributed by atoms with Crippen molar-refractivity contribution in [3.8, 4) is 11.6 Å². The molecular formula is C15H14N4O2. The molecule has 6 heteroatoms. The number of nitrogens with zero attached hydrogens (tertiary/aromatic N) is 4. The molecule has 1 aromatic carbocycles. The first kappa shape index (κ1) is 13.1. The molecule has 0 radical (unpaired) electrons. The number of hydrogen-bond acceptors (Lipinski definition) is 4. The van der Waals surface area contributed by atoms with E-state index in [4.69, 9.17) is 4.74 Å². The molecule has 0 bridgehead atoms. The van der Waals surface area contributed by atoms with Gasteiger partial charge in [-0.2, -0.15) is 0 Å². The van der Waals surface area contributed by atoms with Crippen molar-refractivity contribution in [3.63, 3.8) is 0 Å². The van der Waals surface area contributed by atoms with Crippen LogP contribution < -0.4 is 0 Å². The highest BCUT2D eigenvalue weighted by Crippen LogP contribution is 2.15. The minimum Gasteiger partial charge on any atom is -0.462 e. The van der Waals surface area contributed by atoms with E-state index in [0.717, 1.165) is 11.6 Å². The van der Waals surface area contributed by atoms with Gasteiger partial charge in [-0.1, -0.05) is 0 Å². The van der Waals surface area contributed by atoms with Crippen LogP contribution in [0.4, 0.5) is 0 Å². The van der Waals surface area contributed by atoms with Crippen molar-refractivity contribution in [3.05, 3.63) is 60.9 Å². The summed E-state index contributed by atoms with van der Waals surface area (Å²) in [4.78, 5) is 20.0. The lowest BCUT2D eigenvalue weighted by Crippen LogP contribution is -2.06. The van der Waals surface area contributed by atoms with Crippen LogP contribution >= 0.6 is 0 Å². The topological polar surface area (TPSA) is 61.9 Å². The van der Waals surface area contributed by atoms with Gasteiger partial charge in [-0.15, -0.1) is 0 Å². The summed E-state index contributed by atoms with van der Waals surface area (Å²) in [5, 5.41) is 0. The molecule has 0 aliphatic carbocycles. The van der Waals surface area contributed by atoms with Crippen molar-refractivity contribution in [2.45, 2.75) is 6.92 Å². The van der Waals surface area contributed by atoms with Crippen LogP contribution in [0.15, 0.2) is 55.4 Å². The molecule has 0 aliphatic heterocycles. The van der Waals surface area contributed by atoms with Gasteiger partial charge in [-0.3, -0.25) is 9.13 Å². The molecule has 0 spiro atoms. The van der Waals surface area contributed by atoms with Crippen molar-refractivity contribution in [2.75, 3.05) is 6.61 Å². The van der Waals surface area contributed by atoms with E-state index in [-0.39, 0.29) is 5.97 Å².